The van der Waals surface area contributed by atoms with Crippen molar-refractivity contribution >= 4 is 39.3 Å². The third kappa shape index (κ3) is 3.09. The Morgan fingerprint density at radius 2 is 1.96 bits per heavy atom. The van der Waals surface area contributed by atoms with Crippen LogP contribution in [0.2, 0.25) is 5.02 Å². The number of amides is 1. The van der Waals surface area contributed by atoms with Crippen LogP contribution in [-0.4, -0.2) is 22.0 Å². The van der Waals surface area contributed by atoms with Crippen LogP contribution in [0.1, 0.15) is 10.4 Å². The van der Waals surface area contributed by atoms with Crippen LogP contribution in [-0.2, 0) is 6.54 Å². The highest BCUT2D eigenvalue weighted by Gasteiger charge is 2.11. The number of nitrogens with one attached hydrogen (secondary N) is 2. The molecule has 26 heavy (non-hydrogen) atoms. The van der Waals surface area contributed by atoms with Crippen molar-refractivity contribution in [2.24, 2.45) is 0 Å². The van der Waals surface area contributed by atoms with Crippen molar-refractivity contribution in [2.45, 2.75) is 6.54 Å². The highest BCUT2D eigenvalue weighted by Crippen LogP contribution is 2.20. The Labute approximate surface area is 154 Å². The van der Waals surface area contributed by atoms with Gasteiger partial charge in [0.1, 0.15) is 0 Å². The number of hydrogen-bond donors (Lipinski definition) is 2. The molecule has 0 aliphatic carbocycles. The number of fused-ring (bicyclic) bond motifs is 2. The Morgan fingerprint density at radius 3 is 2.85 bits per heavy atom. The van der Waals surface area contributed by atoms with Gasteiger partial charge in [0, 0.05) is 46.8 Å². The number of rotatable bonds is 4. The van der Waals surface area contributed by atoms with Crippen LogP contribution in [0.3, 0.4) is 0 Å². The molecule has 1 amide bonds. The van der Waals surface area contributed by atoms with Gasteiger partial charge in [-0.05, 0) is 29.7 Å². The largest absolute Gasteiger partial charge is 0.350 e. The van der Waals surface area contributed by atoms with E-state index in [2.05, 4.69) is 10.3 Å². The van der Waals surface area contributed by atoms with Gasteiger partial charge in [0.05, 0.1) is 5.56 Å². The van der Waals surface area contributed by atoms with Crippen LogP contribution in [0.15, 0.2) is 65.6 Å². The maximum absolute atomic E-state index is 12.6. The molecular formula is C20H16ClN3O2. The summed E-state index contributed by atoms with van der Waals surface area (Å²) in [5, 5.41) is 5.39. The quantitative estimate of drug-likeness (QED) is 0.580. The lowest BCUT2D eigenvalue weighted by Gasteiger charge is -2.09. The van der Waals surface area contributed by atoms with Gasteiger partial charge < -0.3 is 14.9 Å². The van der Waals surface area contributed by atoms with Gasteiger partial charge in [-0.1, -0.05) is 35.9 Å². The zero-order chi connectivity index (χ0) is 18.1. The molecule has 5 nitrogen and oxygen atoms in total. The highest BCUT2D eigenvalue weighted by molar-refractivity contribution is 6.31. The van der Waals surface area contributed by atoms with Gasteiger partial charge in [0.2, 0.25) is 5.56 Å². The molecule has 2 heterocycles. The number of benzene rings is 2. The van der Waals surface area contributed by atoms with Crippen molar-refractivity contribution in [1.29, 1.82) is 0 Å². The molecule has 0 aliphatic rings. The van der Waals surface area contributed by atoms with E-state index in [9.17, 15) is 9.59 Å². The Morgan fingerprint density at radius 1 is 1.12 bits per heavy atom. The second kappa shape index (κ2) is 6.69. The maximum Gasteiger partial charge on any atom is 0.252 e. The number of nitrogens with zero attached hydrogens (tertiary/aromatic N) is 1. The number of para-hydroxylation sites is 1. The highest BCUT2D eigenvalue weighted by atomic mass is 35.5. The monoisotopic (exact) mass is 365 g/mol. The van der Waals surface area contributed by atoms with E-state index in [1.54, 1.807) is 6.07 Å². The lowest BCUT2D eigenvalue weighted by molar-refractivity contribution is 0.0954. The zero-order valence-corrected chi connectivity index (χ0v) is 14.6. The molecule has 0 bridgehead atoms. The van der Waals surface area contributed by atoms with Crippen molar-refractivity contribution in [2.75, 3.05) is 6.54 Å². The number of H-pyrrole nitrogens is 1. The molecular weight excluding hydrogens is 350 g/mol. The first-order valence-corrected chi connectivity index (χ1v) is 8.64. The number of aromatic nitrogens is 2. The van der Waals surface area contributed by atoms with E-state index in [4.69, 9.17) is 11.6 Å². The topological polar surface area (TPSA) is 66.9 Å². The number of halogens is 1. The van der Waals surface area contributed by atoms with Gasteiger partial charge in [-0.15, -0.1) is 0 Å². The average Bonchev–Trinajstić information content (AvgIpc) is 3.03. The van der Waals surface area contributed by atoms with E-state index in [-0.39, 0.29) is 11.5 Å². The number of carbonyl (C=O) groups excluding carboxylic acids is 1. The minimum absolute atomic E-state index is 0.262. The number of pyridine rings is 1. The van der Waals surface area contributed by atoms with E-state index in [1.807, 2.05) is 53.2 Å². The van der Waals surface area contributed by atoms with Crippen LogP contribution in [0.25, 0.3) is 21.8 Å². The summed E-state index contributed by atoms with van der Waals surface area (Å²) < 4.78 is 2.04. The second-order valence-corrected chi connectivity index (χ2v) is 6.50. The lowest BCUT2D eigenvalue weighted by Crippen LogP contribution is -2.28. The lowest BCUT2D eigenvalue weighted by atomic mass is 10.1. The normalized spacial score (nSPS) is 11.1. The minimum Gasteiger partial charge on any atom is -0.350 e. The predicted molar refractivity (Wildman–Crippen MR) is 104 cm³/mol. The van der Waals surface area contributed by atoms with Crippen LogP contribution >= 0.6 is 11.6 Å². The van der Waals surface area contributed by atoms with E-state index >= 15 is 0 Å². The Balaban J connectivity index is 1.52. The minimum atomic E-state index is -0.292. The molecule has 0 unspecified atom stereocenters. The zero-order valence-electron chi connectivity index (χ0n) is 13.8. The Hall–Kier alpha value is -3.05. The molecule has 2 N–H and O–H groups in total. The number of carbonyl (C=O) groups is 1. The second-order valence-electron chi connectivity index (χ2n) is 6.06. The summed E-state index contributed by atoms with van der Waals surface area (Å²) in [6, 6.07) is 16.3. The third-order valence-corrected chi connectivity index (χ3v) is 4.60. The molecule has 0 radical (unpaired) electrons. The van der Waals surface area contributed by atoms with Gasteiger partial charge in [-0.3, -0.25) is 9.59 Å². The van der Waals surface area contributed by atoms with Gasteiger partial charge in [0.25, 0.3) is 5.91 Å². The van der Waals surface area contributed by atoms with Gasteiger partial charge in [-0.25, -0.2) is 0 Å². The molecule has 4 rings (SSSR count). The molecule has 2 aromatic heterocycles. The molecule has 0 saturated carbocycles. The first-order valence-electron chi connectivity index (χ1n) is 8.26. The summed E-state index contributed by atoms with van der Waals surface area (Å²) in [6.45, 7) is 1.05. The molecule has 6 heteroatoms. The standard InChI is InChI=1S/C20H16ClN3O2/c21-14-6-5-13-7-9-24(18(13)11-14)10-8-22-20(26)16-12-19(25)23-17-4-2-1-3-15(16)17/h1-7,9,11-12H,8,10H2,(H,22,26)(H,23,25). The Bertz CT molecular complexity index is 1180. The van der Waals surface area contributed by atoms with E-state index in [0.29, 0.717) is 29.2 Å². The summed E-state index contributed by atoms with van der Waals surface area (Å²) in [5.74, 6) is -0.262. The van der Waals surface area contributed by atoms with Crippen LogP contribution in [0.5, 0.6) is 0 Å². The fourth-order valence-corrected chi connectivity index (χ4v) is 3.30. The predicted octanol–water partition coefficient (Wildman–Crippen LogP) is 3.57. The number of hydrogen-bond acceptors (Lipinski definition) is 2. The van der Waals surface area contributed by atoms with Crippen molar-refractivity contribution < 1.29 is 4.79 Å². The summed E-state index contributed by atoms with van der Waals surface area (Å²) >= 11 is 6.07. The van der Waals surface area contributed by atoms with Crippen LogP contribution in [0, 0.1) is 0 Å². The van der Waals surface area contributed by atoms with Crippen molar-refractivity contribution in [3.63, 3.8) is 0 Å². The van der Waals surface area contributed by atoms with Gasteiger partial charge in [0.15, 0.2) is 0 Å². The smallest absolute Gasteiger partial charge is 0.252 e. The van der Waals surface area contributed by atoms with Gasteiger partial charge in [-0.2, -0.15) is 0 Å². The Kier molecular flexibility index (Phi) is 4.22. The number of aromatic amines is 1. The molecule has 0 aliphatic heterocycles. The van der Waals surface area contributed by atoms with Crippen molar-refractivity contribution in [1.82, 2.24) is 14.9 Å². The fourth-order valence-electron chi connectivity index (χ4n) is 3.13. The van der Waals surface area contributed by atoms with E-state index < -0.39 is 0 Å². The molecule has 2 aromatic carbocycles. The first-order chi connectivity index (χ1) is 12.6. The van der Waals surface area contributed by atoms with E-state index in [1.165, 1.54) is 6.07 Å². The summed E-state index contributed by atoms with van der Waals surface area (Å²) in [7, 11) is 0. The van der Waals surface area contributed by atoms with Gasteiger partial charge >= 0.3 is 0 Å². The molecule has 0 fully saturated rings. The van der Waals surface area contributed by atoms with Crippen molar-refractivity contribution in [3.8, 4) is 0 Å². The molecule has 0 saturated heterocycles. The maximum atomic E-state index is 12.6. The summed E-state index contributed by atoms with van der Waals surface area (Å²) in [5.41, 5.74) is 1.76. The molecule has 0 atom stereocenters. The third-order valence-electron chi connectivity index (χ3n) is 4.37. The molecule has 130 valence electrons. The SMILES string of the molecule is O=C(NCCn1ccc2ccc(Cl)cc21)c1cc(=O)[nH]c2ccccc12. The molecule has 4 aromatic rings. The average molecular weight is 366 g/mol. The van der Waals surface area contributed by atoms with Crippen molar-refractivity contribution in [3.05, 3.63) is 81.7 Å². The molecule has 0 spiro atoms. The summed E-state index contributed by atoms with van der Waals surface area (Å²) in [6.07, 6.45) is 1.97. The first kappa shape index (κ1) is 16.4. The fraction of sp³-hybridized carbons (Fsp3) is 0.100. The van der Waals surface area contributed by atoms with Crippen LogP contribution in [0.4, 0.5) is 0 Å². The van der Waals surface area contributed by atoms with E-state index in [0.717, 1.165) is 16.3 Å². The summed E-state index contributed by atoms with van der Waals surface area (Å²) in [4.78, 5) is 27.1. The van der Waals surface area contributed by atoms with Crippen LogP contribution < -0.4 is 10.9 Å².